The van der Waals surface area contributed by atoms with Crippen molar-refractivity contribution in [3.05, 3.63) is 23.8 Å². The van der Waals surface area contributed by atoms with Gasteiger partial charge in [0.2, 0.25) is 0 Å². The summed E-state index contributed by atoms with van der Waals surface area (Å²) in [7, 11) is 0. The maximum atomic E-state index is 10.9. The quantitative estimate of drug-likeness (QED) is 0.885. The van der Waals surface area contributed by atoms with Crippen molar-refractivity contribution in [2.45, 2.75) is 12.5 Å². The molecule has 1 aromatic carbocycles. The van der Waals surface area contributed by atoms with Crippen LogP contribution in [0.4, 0.5) is 9.93 Å². The van der Waals surface area contributed by atoms with E-state index < -0.39 is 6.09 Å². The number of carbonyl (C=O) groups is 1. The summed E-state index contributed by atoms with van der Waals surface area (Å²) < 4.78 is 0.958. The van der Waals surface area contributed by atoms with Crippen LogP contribution >= 0.6 is 11.3 Å². The van der Waals surface area contributed by atoms with E-state index in [-0.39, 0.29) is 6.04 Å². The number of hydrogen-bond acceptors (Lipinski definition) is 5. The number of carboxylic acid groups (broad SMARTS) is 1. The van der Waals surface area contributed by atoms with Gasteiger partial charge < -0.3 is 15.3 Å². The molecule has 6 nitrogen and oxygen atoms in total. The summed E-state index contributed by atoms with van der Waals surface area (Å²) in [5, 5.41) is 21.8. The first-order valence-electron chi connectivity index (χ1n) is 6.21. The third kappa shape index (κ3) is 2.38. The number of rotatable bonds is 2. The van der Waals surface area contributed by atoms with Gasteiger partial charge in [-0.15, -0.1) is 0 Å². The van der Waals surface area contributed by atoms with E-state index in [0.717, 1.165) is 21.8 Å². The Bertz CT molecular complexity index is 706. The fourth-order valence-electron chi connectivity index (χ4n) is 2.28. The van der Waals surface area contributed by atoms with E-state index >= 15 is 0 Å². The number of thiazole rings is 1. The molecule has 2 N–H and O–H groups in total. The number of nitriles is 1. The largest absolute Gasteiger partial charge is 0.465 e. The topological polar surface area (TPSA) is 89.3 Å². The van der Waals surface area contributed by atoms with Gasteiger partial charge in [0.05, 0.1) is 21.8 Å². The van der Waals surface area contributed by atoms with Crippen LogP contribution in [0.25, 0.3) is 10.2 Å². The third-order valence-electron chi connectivity index (χ3n) is 3.30. The number of hydrogen-bond donors (Lipinski definition) is 2. The Labute approximate surface area is 119 Å². The molecular formula is C13H12N4O2S. The van der Waals surface area contributed by atoms with Crippen molar-refractivity contribution >= 4 is 32.8 Å². The molecule has 1 aromatic heterocycles. The fourth-order valence-corrected chi connectivity index (χ4v) is 3.26. The molecule has 2 heterocycles. The van der Waals surface area contributed by atoms with Gasteiger partial charge in [0, 0.05) is 19.1 Å². The minimum atomic E-state index is -0.878. The van der Waals surface area contributed by atoms with Crippen molar-refractivity contribution in [3.63, 3.8) is 0 Å². The molecule has 20 heavy (non-hydrogen) atoms. The average molecular weight is 288 g/mol. The molecule has 1 saturated heterocycles. The predicted octanol–water partition coefficient (Wildman–Crippen LogP) is 2.33. The average Bonchev–Trinajstić information content (AvgIpc) is 3.04. The molecule has 7 heteroatoms. The predicted molar refractivity (Wildman–Crippen MR) is 76.0 cm³/mol. The first-order chi connectivity index (χ1) is 9.65. The SMILES string of the molecule is N#Cc1ccc2nc(NC3CCN(C(=O)O)C3)sc2c1. The lowest BCUT2D eigenvalue weighted by Crippen LogP contribution is -2.30. The second-order valence-corrected chi connectivity index (χ2v) is 5.70. The van der Waals surface area contributed by atoms with Crippen molar-refractivity contribution in [2.75, 3.05) is 18.4 Å². The highest BCUT2D eigenvalue weighted by Crippen LogP contribution is 2.28. The Morgan fingerprint density at radius 1 is 1.60 bits per heavy atom. The van der Waals surface area contributed by atoms with Crippen LogP contribution in [-0.4, -0.2) is 40.2 Å². The van der Waals surface area contributed by atoms with Gasteiger partial charge >= 0.3 is 6.09 Å². The van der Waals surface area contributed by atoms with Gasteiger partial charge in [0.1, 0.15) is 0 Å². The standard InChI is InChI=1S/C13H12N4O2S/c14-6-8-1-2-10-11(5-8)20-12(16-10)15-9-3-4-17(7-9)13(18)19/h1-2,5,9H,3-4,7H2,(H,15,16)(H,18,19). The van der Waals surface area contributed by atoms with E-state index in [1.165, 1.54) is 16.2 Å². The van der Waals surface area contributed by atoms with Crippen LogP contribution in [0.5, 0.6) is 0 Å². The summed E-state index contributed by atoms with van der Waals surface area (Å²) in [5.74, 6) is 0. The number of likely N-dealkylation sites (tertiary alicyclic amines) is 1. The lowest BCUT2D eigenvalue weighted by atomic mass is 10.2. The second kappa shape index (κ2) is 4.98. The van der Waals surface area contributed by atoms with Crippen molar-refractivity contribution in [1.29, 1.82) is 5.26 Å². The lowest BCUT2D eigenvalue weighted by Gasteiger charge is -2.12. The van der Waals surface area contributed by atoms with Crippen LogP contribution in [0.2, 0.25) is 0 Å². The van der Waals surface area contributed by atoms with Gasteiger partial charge in [-0.3, -0.25) is 0 Å². The lowest BCUT2D eigenvalue weighted by molar-refractivity contribution is 0.155. The summed E-state index contributed by atoms with van der Waals surface area (Å²) >= 11 is 1.48. The third-order valence-corrected chi connectivity index (χ3v) is 4.25. The number of nitrogens with one attached hydrogen (secondary N) is 1. The molecule has 3 rings (SSSR count). The molecule has 0 radical (unpaired) electrons. The van der Waals surface area contributed by atoms with Gasteiger partial charge in [-0.25, -0.2) is 9.78 Å². The molecule has 0 bridgehead atoms. The highest BCUT2D eigenvalue weighted by molar-refractivity contribution is 7.22. The molecule has 1 atom stereocenters. The number of anilines is 1. The van der Waals surface area contributed by atoms with E-state index in [9.17, 15) is 4.79 Å². The van der Waals surface area contributed by atoms with Crippen LogP contribution in [0, 0.1) is 11.3 Å². The first kappa shape index (κ1) is 12.7. The molecule has 102 valence electrons. The van der Waals surface area contributed by atoms with Crippen molar-refractivity contribution < 1.29 is 9.90 Å². The van der Waals surface area contributed by atoms with E-state index in [4.69, 9.17) is 10.4 Å². The van der Waals surface area contributed by atoms with Gasteiger partial charge in [-0.05, 0) is 24.6 Å². The maximum absolute atomic E-state index is 10.9. The fraction of sp³-hybridized carbons (Fsp3) is 0.308. The Kier molecular flexibility index (Phi) is 3.16. The summed E-state index contributed by atoms with van der Waals surface area (Å²) in [5.41, 5.74) is 1.47. The molecule has 0 spiro atoms. The van der Waals surface area contributed by atoms with Crippen LogP contribution in [-0.2, 0) is 0 Å². The Balaban J connectivity index is 1.75. The first-order valence-corrected chi connectivity index (χ1v) is 7.02. The normalized spacial score (nSPS) is 18.1. The summed E-state index contributed by atoms with van der Waals surface area (Å²) in [6.07, 6.45) is -0.0941. The van der Waals surface area contributed by atoms with Gasteiger partial charge in [-0.2, -0.15) is 5.26 Å². The van der Waals surface area contributed by atoms with Crippen molar-refractivity contribution in [3.8, 4) is 6.07 Å². The molecule has 1 fully saturated rings. The van der Waals surface area contributed by atoms with Crippen LogP contribution < -0.4 is 5.32 Å². The van der Waals surface area contributed by atoms with Crippen molar-refractivity contribution in [2.24, 2.45) is 0 Å². The number of nitrogens with zero attached hydrogens (tertiary/aromatic N) is 3. The Morgan fingerprint density at radius 3 is 3.15 bits per heavy atom. The van der Waals surface area contributed by atoms with E-state index in [1.807, 2.05) is 12.1 Å². The molecular weight excluding hydrogens is 276 g/mol. The zero-order valence-corrected chi connectivity index (χ0v) is 11.4. The molecule has 0 saturated carbocycles. The van der Waals surface area contributed by atoms with E-state index in [1.54, 1.807) is 6.07 Å². The zero-order chi connectivity index (χ0) is 14.1. The summed E-state index contributed by atoms with van der Waals surface area (Å²) in [4.78, 5) is 16.7. The highest BCUT2D eigenvalue weighted by Gasteiger charge is 2.26. The van der Waals surface area contributed by atoms with Gasteiger partial charge in [0.25, 0.3) is 0 Å². The molecule has 1 aliphatic rings. The summed E-state index contributed by atoms with van der Waals surface area (Å²) in [6, 6.07) is 7.59. The number of fused-ring (bicyclic) bond motifs is 1. The van der Waals surface area contributed by atoms with Gasteiger partial charge in [-0.1, -0.05) is 11.3 Å². The maximum Gasteiger partial charge on any atom is 0.407 e. The van der Waals surface area contributed by atoms with Crippen molar-refractivity contribution in [1.82, 2.24) is 9.88 Å². The van der Waals surface area contributed by atoms with Crippen LogP contribution in [0.1, 0.15) is 12.0 Å². The number of aromatic nitrogens is 1. The Morgan fingerprint density at radius 2 is 2.45 bits per heavy atom. The minimum absolute atomic E-state index is 0.0992. The monoisotopic (exact) mass is 288 g/mol. The molecule has 2 aromatic rings. The van der Waals surface area contributed by atoms with Gasteiger partial charge in [0.15, 0.2) is 5.13 Å². The molecule has 1 amide bonds. The smallest absolute Gasteiger partial charge is 0.407 e. The van der Waals surface area contributed by atoms with E-state index in [0.29, 0.717) is 18.7 Å². The van der Waals surface area contributed by atoms with E-state index in [2.05, 4.69) is 16.4 Å². The number of benzene rings is 1. The Hall–Kier alpha value is -2.33. The van der Waals surface area contributed by atoms with Crippen LogP contribution in [0.15, 0.2) is 18.2 Å². The molecule has 1 aliphatic heterocycles. The molecule has 1 unspecified atom stereocenters. The summed E-state index contributed by atoms with van der Waals surface area (Å²) in [6.45, 7) is 1.03. The zero-order valence-electron chi connectivity index (χ0n) is 10.5. The minimum Gasteiger partial charge on any atom is -0.465 e. The molecule has 0 aliphatic carbocycles. The number of amides is 1. The second-order valence-electron chi connectivity index (χ2n) is 4.67. The van der Waals surface area contributed by atoms with Crippen LogP contribution in [0.3, 0.4) is 0 Å². The highest BCUT2D eigenvalue weighted by atomic mass is 32.1.